The third-order valence-corrected chi connectivity index (χ3v) is 5.99. The Bertz CT molecular complexity index is 650. The van der Waals surface area contributed by atoms with Crippen LogP contribution in [-0.4, -0.2) is 20.1 Å². The molecule has 0 aliphatic carbocycles. The normalized spacial score (nSPS) is 13.3. The van der Waals surface area contributed by atoms with Gasteiger partial charge in [0.05, 0.1) is 6.61 Å². The van der Waals surface area contributed by atoms with Crippen LogP contribution in [0, 0.1) is 0 Å². The minimum Gasteiger partial charge on any atom is -0.391 e. The molecule has 0 radical (unpaired) electrons. The van der Waals surface area contributed by atoms with Crippen molar-refractivity contribution in [3.8, 4) is 0 Å². The van der Waals surface area contributed by atoms with Crippen molar-refractivity contribution >= 4 is 21.4 Å². The first-order valence-corrected chi connectivity index (χ1v) is 8.57. The highest BCUT2D eigenvalue weighted by Crippen LogP contribution is 2.22. The molecule has 2 aromatic rings. The Morgan fingerprint density at radius 3 is 2.50 bits per heavy atom. The summed E-state index contributed by atoms with van der Waals surface area (Å²) in [5.41, 5.74) is 1.09. The average Bonchev–Trinajstić information content (AvgIpc) is 2.95. The van der Waals surface area contributed by atoms with E-state index in [4.69, 9.17) is 5.11 Å². The van der Waals surface area contributed by atoms with E-state index in [1.165, 1.54) is 6.07 Å². The molecule has 0 aliphatic heterocycles. The van der Waals surface area contributed by atoms with Gasteiger partial charge in [-0.1, -0.05) is 37.3 Å². The third kappa shape index (κ3) is 3.67. The SMILES string of the molecule is CC(CNS(=O)(=O)c1ccc(CO)s1)c1ccccc1. The number of hydrogen-bond donors (Lipinski definition) is 2. The molecule has 0 amide bonds. The first-order chi connectivity index (χ1) is 9.53. The van der Waals surface area contributed by atoms with Gasteiger partial charge in [-0.3, -0.25) is 0 Å². The summed E-state index contributed by atoms with van der Waals surface area (Å²) in [4.78, 5) is 0.640. The van der Waals surface area contributed by atoms with Crippen LogP contribution in [0.15, 0.2) is 46.7 Å². The zero-order chi connectivity index (χ0) is 14.6. The van der Waals surface area contributed by atoms with Crippen LogP contribution in [-0.2, 0) is 16.6 Å². The Hall–Kier alpha value is -1.21. The Balaban J connectivity index is 2.02. The minimum absolute atomic E-state index is 0.100. The molecule has 6 heteroatoms. The second kappa shape index (κ2) is 6.49. The Morgan fingerprint density at radius 2 is 1.90 bits per heavy atom. The van der Waals surface area contributed by atoms with Gasteiger partial charge in [0.2, 0.25) is 10.0 Å². The van der Waals surface area contributed by atoms with Gasteiger partial charge < -0.3 is 5.11 Å². The molecule has 108 valence electrons. The summed E-state index contributed by atoms with van der Waals surface area (Å²) in [6.07, 6.45) is 0. The molecule has 4 nitrogen and oxygen atoms in total. The molecule has 1 atom stereocenters. The molecule has 2 N–H and O–H groups in total. The molecular formula is C14H17NO3S2. The fourth-order valence-electron chi connectivity index (χ4n) is 1.79. The third-order valence-electron chi connectivity index (χ3n) is 3.01. The molecule has 1 aromatic carbocycles. The van der Waals surface area contributed by atoms with Crippen LogP contribution in [0.5, 0.6) is 0 Å². The maximum absolute atomic E-state index is 12.1. The monoisotopic (exact) mass is 311 g/mol. The highest BCUT2D eigenvalue weighted by atomic mass is 32.2. The molecular weight excluding hydrogens is 294 g/mol. The first kappa shape index (κ1) is 15.2. The predicted octanol–water partition coefficient (Wildman–Crippen LogP) is 2.32. The number of sulfonamides is 1. The molecule has 0 aliphatic rings. The highest BCUT2D eigenvalue weighted by Gasteiger charge is 2.17. The van der Waals surface area contributed by atoms with Gasteiger partial charge >= 0.3 is 0 Å². The molecule has 0 spiro atoms. The lowest BCUT2D eigenvalue weighted by Crippen LogP contribution is -2.27. The molecule has 0 saturated heterocycles. The van der Waals surface area contributed by atoms with Gasteiger partial charge in [-0.05, 0) is 23.6 Å². The first-order valence-electron chi connectivity index (χ1n) is 6.27. The van der Waals surface area contributed by atoms with E-state index in [1.807, 2.05) is 37.3 Å². The maximum Gasteiger partial charge on any atom is 0.250 e. The van der Waals surface area contributed by atoms with Crippen molar-refractivity contribution in [1.29, 1.82) is 0 Å². The van der Waals surface area contributed by atoms with Crippen molar-refractivity contribution in [2.45, 2.75) is 23.7 Å². The van der Waals surface area contributed by atoms with Crippen molar-refractivity contribution in [2.75, 3.05) is 6.54 Å². The van der Waals surface area contributed by atoms with Crippen molar-refractivity contribution in [2.24, 2.45) is 0 Å². The lowest BCUT2D eigenvalue weighted by Gasteiger charge is -2.12. The van der Waals surface area contributed by atoms with Crippen LogP contribution in [0.3, 0.4) is 0 Å². The highest BCUT2D eigenvalue weighted by molar-refractivity contribution is 7.91. The number of thiophene rings is 1. The van der Waals surface area contributed by atoms with Crippen molar-refractivity contribution < 1.29 is 13.5 Å². The summed E-state index contributed by atoms with van der Waals surface area (Å²) in [7, 11) is -3.50. The van der Waals surface area contributed by atoms with Crippen LogP contribution in [0.1, 0.15) is 23.3 Å². The number of aliphatic hydroxyl groups is 1. The van der Waals surface area contributed by atoms with Gasteiger partial charge in [0.1, 0.15) is 4.21 Å². The maximum atomic E-state index is 12.1. The standard InChI is InChI=1S/C14H17NO3S2/c1-11(12-5-3-2-4-6-12)9-15-20(17,18)14-8-7-13(10-16)19-14/h2-8,11,15-16H,9-10H2,1H3. The summed E-state index contributed by atoms with van der Waals surface area (Å²) in [5, 5.41) is 8.98. The Kier molecular flexibility index (Phi) is 4.93. The van der Waals surface area contributed by atoms with Gasteiger partial charge in [0.15, 0.2) is 0 Å². The van der Waals surface area contributed by atoms with E-state index in [0.717, 1.165) is 16.9 Å². The van der Waals surface area contributed by atoms with E-state index in [9.17, 15) is 8.42 Å². The lowest BCUT2D eigenvalue weighted by molar-refractivity contribution is 0.285. The molecule has 2 rings (SSSR count). The van der Waals surface area contributed by atoms with Crippen LogP contribution < -0.4 is 4.72 Å². The zero-order valence-corrected chi connectivity index (χ0v) is 12.7. The Labute approximate surface area is 123 Å². The van der Waals surface area contributed by atoms with Crippen molar-refractivity contribution in [3.63, 3.8) is 0 Å². The average molecular weight is 311 g/mol. The van der Waals surface area contributed by atoms with E-state index in [2.05, 4.69) is 4.72 Å². The van der Waals surface area contributed by atoms with Crippen LogP contribution in [0.25, 0.3) is 0 Å². The predicted molar refractivity (Wildman–Crippen MR) is 80.3 cm³/mol. The van der Waals surface area contributed by atoms with Gasteiger partial charge in [0.25, 0.3) is 0 Å². The number of benzene rings is 1. The van der Waals surface area contributed by atoms with Crippen molar-refractivity contribution in [1.82, 2.24) is 4.72 Å². The molecule has 0 bridgehead atoms. The van der Waals surface area contributed by atoms with Gasteiger partial charge in [-0.25, -0.2) is 13.1 Å². The summed E-state index contributed by atoms with van der Waals surface area (Å²) in [6, 6.07) is 12.9. The molecule has 1 heterocycles. The van der Waals surface area contributed by atoms with Gasteiger partial charge in [-0.15, -0.1) is 11.3 Å². The second-order valence-electron chi connectivity index (χ2n) is 4.54. The van der Waals surface area contributed by atoms with Crippen molar-refractivity contribution in [3.05, 3.63) is 52.9 Å². The Morgan fingerprint density at radius 1 is 1.20 bits per heavy atom. The second-order valence-corrected chi connectivity index (χ2v) is 7.70. The number of hydrogen-bond acceptors (Lipinski definition) is 4. The summed E-state index contributed by atoms with van der Waals surface area (Å²) >= 11 is 1.09. The zero-order valence-electron chi connectivity index (χ0n) is 11.1. The van der Waals surface area contributed by atoms with E-state index in [1.54, 1.807) is 6.07 Å². The number of aliphatic hydroxyl groups excluding tert-OH is 1. The van der Waals surface area contributed by atoms with E-state index in [-0.39, 0.29) is 16.7 Å². The molecule has 1 aromatic heterocycles. The molecule has 1 unspecified atom stereocenters. The fourth-order valence-corrected chi connectivity index (χ4v) is 4.18. The van der Waals surface area contributed by atoms with Crippen LogP contribution in [0.2, 0.25) is 0 Å². The lowest BCUT2D eigenvalue weighted by atomic mass is 10.0. The summed E-state index contributed by atoms with van der Waals surface area (Å²) < 4.78 is 27.1. The number of nitrogens with one attached hydrogen (secondary N) is 1. The topological polar surface area (TPSA) is 66.4 Å². The molecule has 0 fully saturated rings. The number of rotatable bonds is 6. The molecule has 20 heavy (non-hydrogen) atoms. The van der Waals surface area contributed by atoms with Crippen LogP contribution in [0.4, 0.5) is 0 Å². The fraction of sp³-hybridized carbons (Fsp3) is 0.286. The molecule has 0 saturated carbocycles. The summed E-state index contributed by atoms with van der Waals surface area (Å²) in [6.45, 7) is 2.19. The smallest absolute Gasteiger partial charge is 0.250 e. The summed E-state index contributed by atoms with van der Waals surface area (Å²) in [5.74, 6) is 0.100. The van der Waals surface area contributed by atoms with Crippen LogP contribution >= 0.6 is 11.3 Å². The minimum atomic E-state index is -3.50. The van der Waals surface area contributed by atoms with Gasteiger partial charge in [0, 0.05) is 11.4 Å². The van der Waals surface area contributed by atoms with E-state index in [0.29, 0.717) is 11.4 Å². The van der Waals surface area contributed by atoms with Gasteiger partial charge in [-0.2, -0.15) is 0 Å². The quantitative estimate of drug-likeness (QED) is 0.860. The van der Waals surface area contributed by atoms with E-state index >= 15 is 0 Å². The largest absolute Gasteiger partial charge is 0.391 e. The van der Waals surface area contributed by atoms with E-state index < -0.39 is 10.0 Å².